The fraction of sp³-hybridized carbons (Fsp3) is 0.375. The fourth-order valence-electron chi connectivity index (χ4n) is 3.65. The quantitative estimate of drug-likeness (QED) is 0.514. The molecule has 0 fully saturated rings. The lowest BCUT2D eigenvalue weighted by Gasteiger charge is -2.25. The number of hydrogen-bond acceptors (Lipinski definition) is 5. The van der Waals surface area contributed by atoms with Crippen LogP contribution in [-0.2, 0) is 13.1 Å². The zero-order valence-electron chi connectivity index (χ0n) is 17.8. The third-order valence-electron chi connectivity index (χ3n) is 4.86. The Bertz CT molecular complexity index is 1040. The first-order valence-electron chi connectivity index (χ1n) is 9.86. The minimum atomic E-state index is -0.313. The van der Waals surface area contributed by atoms with E-state index >= 15 is 0 Å². The van der Waals surface area contributed by atoms with Crippen LogP contribution in [0.5, 0.6) is 11.5 Å². The molecule has 1 aromatic heterocycles. The summed E-state index contributed by atoms with van der Waals surface area (Å²) >= 11 is 0. The second kappa shape index (κ2) is 9.14. The minimum absolute atomic E-state index is 0.313. The molecule has 0 saturated heterocycles. The Labute approximate surface area is 171 Å². The second-order valence-electron chi connectivity index (χ2n) is 7.84. The lowest BCUT2D eigenvalue weighted by atomic mass is 10.1. The molecule has 0 atom stereocenters. The van der Waals surface area contributed by atoms with E-state index in [2.05, 4.69) is 30.9 Å². The molecular formula is C24H29NO4. The molecule has 0 aliphatic rings. The van der Waals surface area contributed by atoms with Gasteiger partial charge in [0, 0.05) is 31.1 Å². The van der Waals surface area contributed by atoms with Crippen LogP contribution in [-0.4, -0.2) is 25.7 Å². The Hall–Kier alpha value is -2.79. The van der Waals surface area contributed by atoms with Crippen molar-refractivity contribution >= 4 is 11.0 Å². The third-order valence-corrected chi connectivity index (χ3v) is 4.86. The van der Waals surface area contributed by atoms with Gasteiger partial charge in [-0.15, -0.1) is 0 Å². The van der Waals surface area contributed by atoms with Gasteiger partial charge < -0.3 is 13.9 Å². The van der Waals surface area contributed by atoms with Crippen molar-refractivity contribution in [3.8, 4) is 11.5 Å². The number of hydrogen-bond donors (Lipinski definition) is 0. The Morgan fingerprint density at radius 3 is 2.41 bits per heavy atom. The van der Waals surface area contributed by atoms with Gasteiger partial charge >= 0.3 is 5.63 Å². The van der Waals surface area contributed by atoms with Crippen LogP contribution in [0, 0.1) is 12.8 Å². The molecule has 0 N–H and O–H groups in total. The normalized spacial score (nSPS) is 11.4. The van der Waals surface area contributed by atoms with E-state index in [-0.39, 0.29) is 5.63 Å². The van der Waals surface area contributed by atoms with Gasteiger partial charge in [-0.25, -0.2) is 4.79 Å². The predicted molar refractivity (Wildman–Crippen MR) is 116 cm³/mol. The maximum Gasteiger partial charge on any atom is 0.336 e. The summed E-state index contributed by atoms with van der Waals surface area (Å²) in [5.74, 6) is 1.92. The number of ether oxygens (including phenoxy) is 2. The maximum atomic E-state index is 12.1. The van der Waals surface area contributed by atoms with E-state index < -0.39 is 0 Å². The smallest absolute Gasteiger partial charge is 0.336 e. The van der Waals surface area contributed by atoms with Crippen molar-refractivity contribution in [2.75, 3.05) is 20.8 Å². The molecule has 5 heteroatoms. The molecule has 0 aliphatic carbocycles. The zero-order valence-corrected chi connectivity index (χ0v) is 17.8. The highest BCUT2D eigenvalue weighted by molar-refractivity contribution is 5.80. The van der Waals surface area contributed by atoms with Crippen LogP contribution in [0.25, 0.3) is 11.0 Å². The molecule has 29 heavy (non-hydrogen) atoms. The topological polar surface area (TPSA) is 51.9 Å². The van der Waals surface area contributed by atoms with Gasteiger partial charge in [-0.1, -0.05) is 31.5 Å². The number of rotatable bonds is 8. The van der Waals surface area contributed by atoms with Crippen molar-refractivity contribution in [1.82, 2.24) is 4.90 Å². The molecule has 3 aromatic rings. The molecule has 2 aromatic carbocycles. The van der Waals surface area contributed by atoms with E-state index in [0.29, 0.717) is 23.8 Å². The van der Waals surface area contributed by atoms with Crippen molar-refractivity contribution in [3.05, 3.63) is 69.6 Å². The Morgan fingerprint density at radius 2 is 1.72 bits per heavy atom. The standard InChI is InChI=1S/C24H29NO4/c1-16(2)13-25(14-18-7-9-22(27-4)23(11-18)28-5)15-19-12-24(26)29-21-8-6-17(3)10-20(19)21/h6-12,16H,13-15H2,1-5H3. The first-order valence-corrected chi connectivity index (χ1v) is 9.86. The molecule has 3 rings (SSSR count). The highest BCUT2D eigenvalue weighted by Gasteiger charge is 2.14. The minimum Gasteiger partial charge on any atom is -0.493 e. The summed E-state index contributed by atoms with van der Waals surface area (Å²) in [5, 5.41) is 0.991. The molecule has 154 valence electrons. The monoisotopic (exact) mass is 395 g/mol. The lowest BCUT2D eigenvalue weighted by molar-refractivity contribution is 0.227. The second-order valence-corrected chi connectivity index (χ2v) is 7.84. The lowest BCUT2D eigenvalue weighted by Crippen LogP contribution is -2.27. The number of methoxy groups -OCH3 is 2. The Kier molecular flexibility index (Phi) is 6.60. The van der Waals surface area contributed by atoms with Crippen LogP contribution < -0.4 is 15.1 Å². The molecule has 0 unspecified atom stereocenters. The van der Waals surface area contributed by atoms with E-state index in [1.54, 1.807) is 20.3 Å². The van der Waals surface area contributed by atoms with Crippen LogP contribution in [0.4, 0.5) is 0 Å². The number of aryl methyl sites for hydroxylation is 1. The number of fused-ring (bicyclic) bond motifs is 1. The van der Waals surface area contributed by atoms with Crippen molar-refractivity contribution in [1.29, 1.82) is 0 Å². The van der Waals surface area contributed by atoms with E-state index in [1.807, 2.05) is 31.2 Å². The van der Waals surface area contributed by atoms with Crippen molar-refractivity contribution in [2.45, 2.75) is 33.9 Å². The van der Waals surface area contributed by atoms with Crippen molar-refractivity contribution in [3.63, 3.8) is 0 Å². The molecule has 5 nitrogen and oxygen atoms in total. The molecule has 0 saturated carbocycles. The SMILES string of the molecule is COc1ccc(CN(Cc2cc(=O)oc3ccc(C)cc23)CC(C)C)cc1OC. The number of benzene rings is 2. The summed E-state index contributed by atoms with van der Waals surface area (Å²) in [5.41, 5.74) is 3.58. The predicted octanol–water partition coefficient (Wildman–Crippen LogP) is 4.78. The van der Waals surface area contributed by atoms with Gasteiger partial charge in [0.25, 0.3) is 0 Å². The van der Waals surface area contributed by atoms with Crippen LogP contribution in [0.3, 0.4) is 0 Å². The summed E-state index contributed by atoms with van der Waals surface area (Å²) in [6, 6.07) is 13.5. The maximum absolute atomic E-state index is 12.1. The molecular weight excluding hydrogens is 366 g/mol. The summed E-state index contributed by atoms with van der Waals surface area (Å²) in [7, 11) is 3.28. The molecule has 1 heterocycles. The average molecular weight is 395 g/mol. The number of nitrogens with zero attached hydrogens (tertiary/aromatic N) is 1. The Morgan fingerprint density at radius 1 is 0.966 bits per heavy atom. The van der Waals surface area contributed by atoms with Gasteiger partial charge in [0.1, 0.15) is 5.58 Å². The fourth-order valence-corrected chi connectivity index (χ4v) is 3.65. The van der Waals surface area contributed by atoms with E-state index in [4.69, 9.17) is 13.9 Å². The van der Waals surface area contributed by atoms with Crippen molar-refractivity contribution < 1.29 is 13.9 Å². The van der Waals surface area contributed by atoms with Crippen molar-refractivity contribution in [2.24, 2.45) is 5.92 Å². The molecule has 0 radical (unpaired) electrons. The first kappa shape index (κ1) is 20.9. The van der Waals surface area contributed by atoms with Gasteiger partial charge in [-0.2, -0.15) is 0 Å². The van der Waals surface area contributed by atoms with E-state index in [9.17, 15) is 4.79 Å². The zero-order chi connectivity index (χ0) is 21.0. The van der Waals surface area contributed by atoms with Crippen LogP contribution in [0.2, 0.25) is 0 Å². The van der Waals surface area contributed by atoms with Gasteiger partial charge in [0.15, 0.2) is 11.5 Å². The summed E-state index contributed by atoms with van der Waals surface area (Å²) in [4.78, 5) is 14.4. The summed E-state index contributed by atoms with van der Waals surface area (Å²) in [6.45, 7) is 8.75. The highest BCUT2D eigenvalue weighted by atomic mass is 16.5. The van der Waals surface area contributed by atoms with Crippen LogP contribution >= 0.6 is 0 Å². The van der Waals surface area contributed by atoms with Crippen LogP contribution in [0.1, 0.15) is 30.5 Å². The van der Waals surface area contributed by atoms with Gasteiger partial charge in [0.2, 0.25) is 0 Å². The summed E-state index contributed by atoms with van der Waals surface area (Å²) in [6.07, 6.45) is 0. The molecule has 0 spiro atoms. The van der Waals surface area contributed by atoms with E-state index in [1.165, 1.54) is 0 Å². The largest absolute Gasteiger partial charge is 0.493 e. The highest BCUT2D eigenvalue weighted by Crippen LogP contribution is 2.29. The Balaban J connectivity index is 1.93. The molecule has 0 aliphatic heterocycles. The molecule has 0 bridgehead atoms. The average Bonchev–Trinajstić information content (AvgIpc) is 2.67. The first-order chi connectivity index (χ1) is 13.9. The van der Waals surface area contributed by atoms with E-state index in [0.717, 1.165) is 40.9 Å². The van der Waals surface area contributed by atoms with Gasteiger partial charge in [-0.05, 0) is 48.2 Å². The third kappa shape index (κ3) is 5.18. The van der Waals surface area contributed by atoms with Gasteiger partial charge in [-0.3, -0.25) is 4.90 Å². The molecule has 0 amide bonds. The van der Waals surface area contributed by atoms with Crippen LogP contribution in [0.15, 0.2) is 51.7 Å². The summed E-state index contributed by atoms with van der Waals surface area (Å²) < 4.78 is 16.2. The van der Waals surface area contributed by atoms with Gasteiger partial charge in [0.05, 0.1) is 14.2 Å².